The predicted octanol–water partition coefficient (Wildman–Crippen LogP) is 2.37. The zero-order chi connectivity index (χ0) is 11.1. The van der Waals surface area contributed by atoms with E-state index in [0.717, 1.165) is 24.0 Å². The summed E-state index contributed by atoms with van der Waals surface area (Å²) in [7, 11) is 1.69. The van der Waals surface area contributed by atoms with Gasteiger partial charge in [-0.15, -0.1) is 0 Å². The Bertz CT molecular complexity index is 485. The summed E-state index contributed by atoms with van der Waals surface area (Å²) in [6, 6.07) is 8.21. The summed E-state index contributed by atoms with van der Waals surface area (Å²) in [5.74, 6) is 0.244. The standard InChI is InChI=1S/C14H14O2/c1-16-13-8-12(15)14-10-5-3-2-4-9(10)6-7-11(13)14/h2-5,13H,6-8H2,1H3/t13-/m0/s1. The van der Waals surface area contributed by atoms with Crippen LogP contribution in [0.5, 0.6) is 0 Å². The fraction of sp³-hybridized carbons (Fsp3) is 0.357. The van der Waals surface area contributed by atoms with Gasteiger partial charge in [0.05, 0.1) is 6.10 Å². The van der Waals surface area contributed by atoms with Crippen LogP contribution in [-0.4, -0.2) is 19.0 Å². The number of carbonyl (C=O) groups is 1. The minimum Gasteiger partial charge on any atom is -0.377 e. The molecule has 0 fully saturated rings. The molecule has 0 aromatic heterocycles. The maximum absolute atomic E-state index is 12.0. The first-order chi connectivity index (χ1) is 7.81. The van der Waals surface area contributed by atoms with E-state index >= 15 is 0 Å². The second kappa shape index (κ2) is 3.56. The summed E-state index contributed by atoms with van der Waals surface area (Å²) in [6.45, 7) is 0. The predicted molar refractivity (Wildman–Crippen MR) is 62.1 cm³/mol. The van der Waals surface area contributed by atoms with Crippen LogP contribution in [0, 0.1) is 0 Å². The molecule has 3 rings (SSSR count). The number of aryl methyl sites for hydroxylation is 1. The normalized spacial score (nSPS) is 23.3. The van der Waals surface area contributed by atoms with E-state index in [0.29, 0.717) is 6.42 Å². The Morgan fingerprint density at radius 3 is 2.88 bits per heavy atom. The van der Waals surface area contributed by atoms with Crippen LogP contribution in [0.2, 0.25) is 0 Å². The van der Waals surface area contributed by atoms with Crippen molar-refractivity contribution in [1.82, 2.24) is 0 Å². The Morgan fingerprint density at radius 1 is 1.25 bits per heavy atom. The van der Waals surface area contributed by atoms with Crippen molar-refractivity contribution in [3.63, 3.8) is 0 Å². The lowest BCUT2D eigenvalue weighted by Gasteiger charge is -2.20. The summed E-state index contributed by atoms with van der Waals surface area (Å²) in [6.07, 6.45) is 2.55. The van der Waals surface area contributed by atoms with Gasteiger partial charge in [0, 0.05) is 19.1 Å². The number of methoxy groups -OCH3 is 1. The number of fused-ring (bicyclic) bond motifs is 2. The molecule has 0 saturated carbocycles. The highest BCUT2D eigenvalue weighted by Gasteiger charge is 2.35. The molecule has 0 bridgehead atoms. The van der Waals surface area contributed by atoms with E-state index in [-0.39, 0.29) is 11.9 Å². The molecular formula is C14H14O2. The number of carbonyl (C=O) groups excluding carboxylic acids is 1. The fourth-order valence-corrected chi connectivity index (χ4v) is 2.82. The van der Waals surface area contributed by atoms with Gasteiger partial charge in [-0.05, 0) is 29.5 Å². The number of hydrogen-bond acceptors (Lipinski definition) is 2. The average molecular weight is 214 g/mol. The van der Waals surface area contributed by atoms with Crippen molar-refractivity contribution >= 4 is 11.4 Å². The van der Waals surface area contributed by atoms with Crippen molar-refractivity contribution in [3.05, 3.63) is 41.0 Å². The molecule has 0 heterocycles. The van der Waals surface area contributed by atoms with Crippen LogP contribution in [0.3, 0.4) is 0 Å². The zero-order valence-corrected chi connectivity index (χ0v) is 9.32. The number of ketones is 1. The molecule has 0 saturated heterocycles. The van der Waals surface area contributed by atoms with Crippen LogP contribution in [0.15, 0.2) is 29.8 Å². The van der Waals surface area contributed by atoms with Gasteiger partial charge in [-0.25, -0.2) is 0 Å². The summed E-state index contributed by atoms with van der Waals surface area (Å²) in [5, 5.41) is 0. The van der Waals surface area contributed by atoms with Gasteiger partial charge >= 0.3 is 0 Å². The number of benzene rings is 1. The van der Waals surface area contributed by atoms with Crippen molar-refractivity contribution in [1.29, 1.82) is 0 Å². The van der Waals surface area contributed by atoms with Crippen LogP contribution in [-0.2, 0) is 16.0 Å². The molecule has 2 aliphatic carbocycles. The molecular weight excluding hydrogens is 200 g/mol. The first-order valence-corrected chi connectivity index (χ1v) is 5.68. The van der Waals surface area contributed by atoms with Crippen molar-refractivity contribution in [2.75, 3.05) is 7.11 Å². The smallest absolute Gasteiger partial charge is 0.166 e. The number of ether oxygens (including phenoxy) is 1. The van der Waals surface area contributed by atoms with Gasteiger partial charge in [0.2, 0.25) is 0 Å². The monoisotopic (exact) mass is 214 g/mol. The minimum atomic E-state index is 0.0239. The third-order valence-electron chi connectivity index (χ3n) is 3.59. The number of allylic oxidation sites excluding steroid dienone is 1. The van der Waals surface area contributed by atoms with Crippen LogP contribution in [0.4, 0.5) is 0 Å². The second-order valence-electron chi connectivity index (χ2n) is 4.41. The average Bonchev–Trinajstić information content (AvgIpc) is 2.66. The largest absolute Gasteiger partial charge is 0.377 e. The number of rotatable bonds is 1. The summed E-state index contributed by atoms with van der Waals surface area (Å²) in [4.78, 5) is 12.0. The van der Waals surface area contributed by atoms with Crippen molar-refractivity contribution < 1.29 is 9.53 Å². The number of hydrogen-bond donors (Lipinski definition) is 0. The zero-order valence-electron chi connectivity index (χ0n) is 9.32. The molecule has 0 unspecified atom stereocenters. The molecule has 1 atom stereocenters. The van der Waals surface area contributed by atoms with E-state index in [1.807, 2.05) is 12.1 Å². The highest BCUT2D eigenvalue weighted by atomic mass is 16.5. The lowest BCUT2D eigenvalue weighted by atomic mass is 9.86. The fourth-order valence-electron chi connectivity index (χ4n) is 2.82. The van der Waals surface area contributed by atoms with Gasteiger partial charge in [-0.2, -0.15) is 0 Å². The Labute approximate surface area is 94.9 Å². The van der Waals surface area contributed by atoms with E-state index < -0.39 is 0 Å². The first kappa shape index (κ1) is 9.79. The van der Waals surface area contributed by atoms with E-state index in [2.05, 4.69) is 12.1 Å². The Morgan fingerprint density at radius 2 is 2.06 bits per heavy atom. The SMILES string of the molecule is CO[C@H]1CC(=O)C2=C1CCc1ccccc12. The number of Topliss-reactive ketones (excluding diaryl/α,β-unsaturated/α-hetero) is 1. The van der Waals surface area contributed by atoms with Crippen LogP contribution in [0.1, 0.15) is 24.0 Å². The van der Waals surface area contributed by atoms with Crippen LogP contribution in [0.25, 0.3) is 5.57 Å². The van der Waals surface area contributed by atoms with E-state index in [1.54, 1.807) is 7.11 Å². The summed E-state index contributed by atoms with van der Waals surface area (Å²) in [5.41, 5.74) is 4.58. The van der Waals surface area contributed by atoms with Gasteiger partial charge in [-0.3, -0.25) is 4.79 Å². The third kappa shape index (κ3) is 1.26. The van der Waals surface area contributed by atoms with Gasteiger partial charge in [-0.1, -0.05) is 24.3 Å². The van der Waals surface area contributed by atoms with Crippen molar-refractivity contribution in [2.45, 2.75) is 25.4 Å². The van der Waals surface area contributed by atoms with Gasteiger partial charge < -0.3 is 4.74 Å². The topological polar surface area (TPSA) is 26.3 Å². The van der Waals surface area contributed by atoms with Crippen molar-refractivity contribution in [2.24, 2.45) is 0 Å². The molecule has 82 valence electrons. The molecule has 0 aliphatic heterocycles. The minimum absolute atomic E-state index is 0.0239. The Balaban J connectivity index is 2.17. The van der Waals surface area contributed by atoms with E-state index in [9.17, 15) is 4.79 Å². The lowest BCUT2D eigenvalue weighted by Crippen LogP contribution is -2.12. The molecule has 2 heteroatoms. The summed E-state index contributed by atoms with van der Waals surface area (Å²) < 4.78 is 5.39. The highest BCUT2D eigenvalue weighted by molar-refractivity contribution is 6.25. The van der Waals surface area contributed by atoms with Crippen LogP contribution >= 0.6 is 0 Å². The quantitative estimate of drug-likeness (QED) is 0.717. The van der Waals surface area contributed by atoms with Gasteiger partial charge in [0.15, 0.2) is 5.78 Å². The molecule has 2 nitrogen and oxygen atoms in total. The third-order valence-corrected chi connectivity index (χ3v) is 3.59. The molecule has 0 spiro atoms. The highest BCUT2D eigenvalue weighted by Crippen LogP contribution is 2.40. The molecule has 0 radical (unpaired) electrons. The maximum Gasteiger partial charge on any atom is 0.166 e. The summed E-state index contributed by atoms with van der Waals surface area (Å²) >= 11 is 0. The maximum atomic E-state index is 12.0. The molecule has 1 aromatic rings. The van der Waals surface area contributed by atoms with Crippen LogP contribution < -0.4 is 0 Å². The van der Waals surface area contributed by atoms with Gasteiger partial charge in [0.1, 0.15) is 0 Å². The van der Waals surface area contributed by atoms with E-state index in [1.165, 1.54) is 11.1 Å². The van der Waals surface area contributed by atoms with Crippen molar-refractivity contribution in [3.8, 4) is 0 Å². The molecule has 0 amide bonds. The molecule has 1 aromatic carbocycles. The lowest BCUT2D eigenvalue weighted by molar-refractivity contribution is -0.114. The molecule has 0 N–H and O–H groups in total. The Hall–Kier alpha value is -1.41. The molecule has 2 aliphatic rings. The second-order valence-corrected chi connectivity index (χ2v) is 4.41. The first-order valence-electron chi connectivity index (χ1n) is 5.68. The Kier molecular flexibility index (Phi) is 2.18. The van der Waals surface area contributed by atoms with Gasteiger partial charge in [0.25, 0.3) is 0 Å². The molecule has 16 heavy (non-hydrogen) atoms. The van der Waals surface area contributed by atoms with E-state index in [4.69, 9.17) is 4.74 Å².